The standard InChI is InChI=1S/C23H23N3O2/c27-23(15-8-16-24-20-10-3-1-4-11-20)26-25-18-19-9-7-14-22(17-19)28-21-12-5-2-6-13-21/h1-7,9-14,17-18,24H,8,15-16H2,(H,26,27). The minimum atomic E-state index is -0.109. The van der Waals surface area contributed by atoms with Crippen molar-refractivity contribution in [2.45, 2.75) is 12.8 Å². The average Bonchev–Trinajstić information content (AvgIpc) is 2.73. The van der Waals surface area contributed by atoms with Gasteiger partial charge in [0.05, 0.1) is 6.21 Å². The molecule has 0 bridgehead atoms. The molecule has 0 spiro atoms. The van der Waals surface area contributed by atoms with E-state index in [-0.39, 0.29) is 5.91 Å². The predicted molar refractivity (Wildman–Crippen MR) is 113 cm³/mol. The van der Waals surface area contributed by atoms with Crippen LogP contribution in [-0.2, 0) is 4.79 Å². The molecule has 1 amide bonds. The number of hydrazone groups is 1. The molecule has 0 aliphatic heterocycles. The van der Waals surface area contributed by atoms with E-state index in [2.05, 4.69) is 15.8 Å². The summed E-state index contributed by atoms with van der Waals surface area (Å²) in [5, 5.41) is 7.30. The lowest BCUT2D eigenvalue weighted by atomic mass is 10.2. The topological polar surface area (TPSA) is 62.7 Å². The largest absolute Gasteiger partial charge is 0.457 e. The van der Waals surface area contributed by atoms with Crippen LogP contribution in [0.5, 0.6) is 11.5 Å². The Labute approximate surface area is 165 Å². The number of hydrogen-bond donors (Lipinski definition) is 2. The first kappa shape index (κ1) is 19.2. The van der Waals surface area contributed by atoms with Gasteiger partial charge in [-0.25, -0.2) is 5.43 Å². The van der Waals surface area contributed by atoms with Crippen molar-refractivity contribution >= 4 is 17.8 Å². The van der Waals surface area contributed by atoms with Crippen LogP contribution in [-0.4, -0.2) is 18.7 Å². The molecule has 0 heterocycles. The maximum absolute atomic E-state index is 11.9. The minimum absolute atomic E-state index is 0.109. The van der Waals surface area contributed by atoms with Crippen molar-refractivity contribution in [3.63, 3.8) is 0 Å². The van der Waals surface area contributed by atoms with Crippen LogP contribution in [0.4, 0.5) is 5.69 Å². The lowest BCUT2D eigenvalue weighted by Crippen LogP contribution is -2.18. The average molecular weight is 373 g/mol. The minimum Gasteiger partial charge on any atom is -0.457 e. The summed E-state index contributed by atoms with van der Waals surface area (Å²) in [7, 11) is 0. The number of hydrogen-bond acceptors (Lipinski definition) is 4. The third kappa shape index (κ3) is 6.61. The fraction of sp³-hybridized carbons (Fsp3) is 0.130. The highest BCUT2D eigenvalue weighted by molar-refractivity contribution is 5.82. The number of rotatable bonds is 9. The molecule has 142 valence electrons. The van der Waals surface area contributed by atoms with Crippen molar-refractivity contribution in [1.29, 1.82) is 0 Å². The van der Waals surface area contributed by atoms with Crippen molar-refractivity contribution in [2.24, 2.45) is 5.10 Å². The highest BCUT2D eigenvalue weighted by Crippen LogP contribution is 2.21. The van der Waals surface area contributed by atoms with Crippen LogP contribution in [0, 0.1) is 0 Å². The van der Waals surface area contributed by atoms with Crippen LogP contribution in [0.15, 0.2) is 90.0 Å². The lowest BCUT2D eigenvalue weighted by molar-refractivity contribution is -0.121. The number of benzene rings is 3. The first-order chi connectivity index (χ1) is 13.8. The predicted octanol–water partition coefficient (Wildman–Crippen LogP) is 4.82. The summed E-state index contributed by atoms with van der Waals surface area (Å²) >= 11 is 0. The Kier molecular flexibility index (Phi) is 7.21. The van der Waals surface area contributed by atoms with E-state index in [4.69, 9.17) is 4.74 Å². The van der Waals surface area contributed by atoms with Gasteiger partial charge in [0, 0.05) is 18.7 Å². The van der Waals surface area contributed by atoms with Crippen LogP contribution in [0.2, 0.25) is 0 Å². The number of ether oxygens (including phenoxy) is 1. The van der Waals surface area contributed by atoms with E-state index in [0.717, 1.165) is 30.0 Å². The van der Waals surface area contributed by atoms with Gasteiger partial charge in [-0.2, -0.15) is 5.10 Å². The van der Waals surface area contributed by atoms with Crippen molar-refractivity contribution in [3.05, 3.63) is 90.5 Å². The highest BCUT2D eigenvalue weighted by Gasteiger charge is 2.00. The second kappa shape index (κ2) is 10.5. The molecule has 5 nitrogen and oxygen atoms in total. The van der Waals surface area contributed by atoms with E-state index in [0.29, 0.717) is 12.2 Å². The van der Waals surface area contributed by atoms with Crippen molar-refractivity contribution in [3.8, 4) is 11.5 Å². The second-order valence-electron chi connectivity index (χ2n) is 6.18. The molecule has 28 heavy (non-hydrogen) atoms. The molecule has 0 fully saturated rings. The van der Waals surface area contributed by atoms with Gasteiger partial charge in [0.15, 0.2) is 0 Å². The van der Waals surface area contributed by atoms with Crippen LogP contribution in [0.3, 0.4) is 0 Å². The SMILES string of the molecule is O=C(CCCNc1ccccc1)NN=Cc1cccc(Oc2ccccc2)c1. The van der Waals surface area contributed by atoms with Crippen molar-refractivity contribution in [2.75, 3.05) is 11.9 Å². The smallest absolute Gasteiger partial charge is 0.240 e. The normalized spacial score (nSPS) is 10.6. The molecule has 3 aromatic carbocycles. The van der Waals surface area contributed by atoms with Gasteiger partial charge in [-0.15, -0.1) is 0 Å². The number of nitrogens with zero attached hydrogens (tertiary/aromatic N) is 1. The molecule has 0 saturated carbocycles. The van der Waals surface area contributed by atoms with E-state index in [1.54, 1.807) is 6.21 Å². The van der Waals surface area contributed by atoms with Gasteiger partial charge >= 0.3 is 0 Å². The summed E-state index contributed by atoms with van der Waals surface area (Å²) in [5.74, 6) is 1.38. The third-order valence-corrected chi connectivity index (χ3v) is 3.92. The summed E-state index contributed by atoms with van der Waals surface area (Å²) in [6.45, 7) is 0.736. The van der Waals surface area contributed by atoms with Crippen LogP contribution in [0.1, 0.15) is 18.4 Å². The van der Waals surface area contributed by atoms with Gasteiger partial charge in [-0.3, -0.25) is 4.79 Å². The molecule has 0 aliphatic rings. The van der Waals surface area contributed by atoms with Gasteiger partial charge in [0.25, 0.3) is 0 Å². The molecule has 5 heteroatoms. The molecule has 0 atom stereocenters. The zero-order valence-electron chi connectivity index (χ0n) is 15.5. The molecule has 0 radical (unpaired) electrons. The first-order valence-electron chi connectivity index (χ1n) is 9.23. The molecule has 0 aliphatic carbocycles. The number of carbonyl (C=O) groups excluding carboxylic acids is 1. The summed E-state index contributed by atoms with van der Waals surface area (Å²) in [6.07, 6.45) is 2.75. The first-order valence-corrected chi connectivity index (χ1v) is 9.23. The van der Waals surface area contributed by atoms with Gasteiger partial charge in [-0.1, -0.05) is 48.5 Å². The molecule has 3 rings (SSSR count). The van der Waals surface area contributed by atoms with E-state index in [9.17, 15) is 4.79 Å². The molecular formula is C23H23N3O2. The van der Waals surface area contributed by atoms with E-state index in [1.807, 2.05) is 84.9 Å². The van der Waals surface area contributed by atoms with Crippen LogP contribution >= 0.6 is 0 Å². The molecule has 0 unspecified atom stereocenters. The highest BCUT2D eigenvalue weighted by atomic mass is 16.5. The molecule has 0 saturated heterocycles. The number of amides is 1. The van der Waals surface area contributed by atoms with E-state index in [1.165, 1.54) is 0 Å². The van der Waals surface area contributed by atoms with Crippen molar-refractivity contribution in [1.82, 2.24) is 5.43 Å². The summed E-state index contributed by atoms with van der Waals surface area (Å²) < 4.78 is 5.79. The van der Waals surface area contributed by atoms with Gasteiger partial charge in [-0.05, 0) is 48.4 Å². The third-order valence-electron chi connectivity index (χ3n) is 3.92. The van der Waals surface area contributed by atoms with Crippen LogP contribution < -0.4 is 15.5 Å². The molecule has 3 aromatic rings. The Bertz CT molecular complexity index is 896. The van der Waals surface area contributed by atoms with E-state index < -0.39 is 0 Å². The Hall–Kier alpha value is -3.60. The van der Waals surface area contributed by atoms with Gasteiger partial charge in [0.2, 0.25) is 5.91 Å². The zero-order valence-corrected chi connectivity index (χ0v) is 15.5. The number of carbonyl (C=O) groups is 1. The van der Waals surface area contributed by atoms with E-state index >= 15 is 0 Å². The number of nitrogens with one attached hydrogen (secondary N) is 2. The Morgan fingerprint density at radius 2 is 1.61 bits per heavy atom. The van der Waals surface area contributed by atoms with Crippen molar-refractivity contribution < 1.29 is 9.53 Å². The number of anilines is 1. The monoisotopic (exact) mass is 373 g/mol. The Morgan fingerprint density at radius 1 is 0.893 bits per heavy atom. The van der Waals surface area contributed by atoms with Crippen LogP contribution in [0.25, 0.3) is 0 Å². The quantitative estimate of drug-likeness (QED) is 0.321. The molecular weight excluding hydrogens is 350 g/mol. The lowest BCUT2D eigenvalue weighted by Gasteiger charge is -2.06. The maximum Gasteiger partial charge on any atom is 0.240 e. The number of para-hydroxylation sites is 2. The molecule has 2 N–H and O–H groups in total. The van der Waals surface area contributed by atoms with Gasteiger partial charge < -0.3 is 10.1 Å². The zero-order chi connectivity index (χ0) is 19.4. The molecule has 0 aromatic heterocycles. The second-order valence-corrected chi connectivity index (χ2v) is 6.18. The van der Waals surface area contributed by atoms with Gasteiger partial charge in [0.1, 0.15) is 11.5 Å². The fourth-order valence-electron chi connectivity index (χ4n) is 2.56. The summed E-state index contributed by atoms with van der Waals surface area (Å²) in [4.78, 5) is 11.9. The summed E-state index contributed by atoms with van der Waals surface area (Å²) in [6, 6.07) is 27.0. The maximum atomic E-state index is 11.9. The Morgan fingerprint density at radius 3 is 2.39 bits per heavy atom. The summed E-state index contributed by atoms with van der Waals surface area (Å²) in [5.41, 5.74) is 4.46. The fourth-order valence-corrected chi connectivity index (χ4v) is 2.56. The Balaban J connectivity index is 1.40.